The van der Waals surface area contributed by atoms with Crippen LogP contribution < -0.4 is 10.1 Å². The van der Waals surface area contributed by atoms with E-state index in [0.717, 1.165) is 5.56 Å². The fraction of sp³-hybridized carbons (Fsp3) is 0.500. The second-order valence-electron chi connectivity index (χ2n) is 5.57. The van der Waals surface area contributed by atoms with Crippen molar-refractivity contribution >= 4 is 11.8 Å². The van der Waals surface area contributed by atoms with E-state index in [0.29, 0.717) is 26.1 Å². The Labute approximate surface area is 137 Å². The number of benzene rings is 1. The molecule has 24 heavy (non-hydrogen) atoms. The predicted octanol–water partition coefficient (Wildman–Crippen LogP) is 2.11. The SMILES string of the molecule is CCN1CC(C(=O)NCCc2ccc(OC(F)(F)F)cc2)CC1=O. The van der Waals surface area contributed by atoms with Crippen molar-refractivity contribution in [2.24, 2.45) is 5.92 Å². The lowest BCUT2D eigenvalue weighted by atomic mass is 10.1. The number of rotatable bonds is 6. The van der Waals surface area contributed by atoms with Gasteiger partial charge < -0.3 is 15.0 Å². The molecule has 1 atom stereocenters. The van der Waals surface area contributed by atoms with Crippen LogP contribution in [-0.2, 0) is 16.0 Å². The number of halogens is 3. The molecule has 0 saturated carbocycles. The van der Waals surface area contributed by atoms with Crippen LogP contribution in [0.3, 0.4) is 0 Å². The highest BCUT2D eigenvalue weighted by atomic mass is 19.4. The molecular formula is C16H19F3N2O3. The summed E-state index contributed by atoms with van der Waals surface area (Å²) in [6, 6.07) is 5.51. The zero-order valence-corrected chi connectivity index (χ0v) is 13.2. The van der Waals surface area contributed by atoms with Crippen LogP contribution in [0.1, 0.15) is 18.9 Å². The molecule has 1 heterocycles. The molecule has 1 aliphatic rings. The summed E-state index contributed by atoms with van der Waals surface area (Å²) in [6.45, 7) is 3.25. The maximum Gasteiger partial charge on any atom is 0.573 e. The zero-order chi connectivity index (χ0) is 17.7. The lowest BCUT2D eigenvalue weighted by Gasteiger charge is -2.13. The number of hydrogen-bond acceptors (Lipinski definition) is 3. The Kier molecular flexibility index (Phi) is 5.69. The molecule has 1 saturated heterocycles. The molecule has 1 aromatic rings. The highest BCUT2D eigenvalue weighted by Gasteiger charge is 2.33. The number of nitrogens with one attached hydrogen (secondary N) is 1. The van der Waals surface area contributed by atoms with E-state index in [9.17, 15) is 22.8 Å². The lowest BCUT2D eigenvalue weighted by molar-refractivity contribution is -0.274. The third-order valence-electron chi connectivity index (χ3n) is 3.84. The summed E-state index contributed by atoms with van der Waals surface area (Å²) in [4.78, 5) is 25.3. The summed E-state index contributed by atoms with van der Waals surface area (Å²) >= 11 is 0. The van der Waals surface area contributed by atoms with Gasteiger partial charge in [0.25, 0.3) is 0 Å². The van der Waals surface area contributed by atoms with Gasteiger partial charge in [0.1, 0.15) is 5.75 Å². The first-order valence-electron chi connectivity index (χ1n) is 7.68. The molecule has 0 bridgehead atoms. The van der Waals surface area contributed by atoms with E-state index in [4.69, 9.17) is 0 Å². The first-order chi connectivity index (χ1) is 11.3. The number of likely N-dealkylation sites (tertiary alicyclic amines) is 1. The molecule has 1 aromatic carbocycles. The average molecular weight is 344 g/mol. The standard InChI is InChI=1S/C16H19F3N2O3/c1-2-21-10-12(9-14(21)22)15(23)20-8-7-11-3-5-13(6-4-11)24-16(17,18)19/h3-6,12H,2,7-10H2,1H3,(H,20,23). The van der Waals surface area contributed by atoms with Crippen molar-refractivity contribution in [3.63, 3.8) is 0 Å². The molecule has 1 aliphatic heterocycles. The van der Waals surface area contributed by atoms with E-state index >= 15 is 0 Å². The quantitative estimate of drug-likeness (QED) is 0.860. The van der Waals surface area contributed by atoms with Crippen LogP contribution in [0.2, 0.25) is 0 Å². The third-order valence-corrected chi connectivity index (χ3v) is 3.84. The number of alkyl halides is 3. The van der Waals surface area contributed by atoms with E-state index < -0.39 is 6.36 Å². The fourth-order valence-electron chi connectivity index (χ4n) is 2.59. The molecular weight excluding hydrogens is 325 g/mol. The zero-order valence-electron chi connectivity index (χ0n) is 13.2. The van der Waals surface area contributed by atoms with Crippen LogP contribution in [0, 0.1) is 5.92 Å². The van der Waals surface area contributed by atoms with Gasteiger partial charge in [-0.25, -0.2) is 0 Å². The summed E-state index contributed by atoms with van der Waals surface area (Å²) in [5.74, 6) is -0.798. The monoisotopic (exact) mass is 344 g/mol. The second kappa shape index (κ2) is 7.55. The van der Waals surface area contributed by atoms with Gasteiger partial charge in [-0.3, -0.25) is 9.59 Å². The maximum absolute atomic E-state index is 12.1. The fourth-order valence-corrected chi connectivity index (χ4v) is 2.59. The Balaban J connectivity index is 1.76. The van der Waals surface area contributed by atoms with Crippen molar-refractivity contribution < 1.29 is 27.5 Å². The van der Waals surface area contributed by atoms with Gasteiger partial charge in [-0.15, -0.1) is 13.2 Å². The van der Waals surface area contributed by atoms with Crippen molar-refractivity contribution in [2.75, 3.05) is 19.6 Å². The molecule has 8 heteroatoms. The van der Waals surface area contributed by atoms with Gasteiger partial charge in [0.05, 0.1) is 5.92 Å². The second-order valence-corrected chi connectivity index (χ2v) is 5.57. The average Bonchev–Trinajstić information content (AvgIpc) is 2.88. The number of hydrogen-bond donors (Lipinski definition) is 1. The highest BCUT2D eigenvalue weighted by Crippen LogP contribution is 2.22. The Morgan fingerprint density at radius 3 is 2.54 bits per heavy atom. The maximum atomic E-state index is 12.1. The number of nitrogens with zero attached hydrogens (tertiary/aromatic N) is 1. The lowest BCUT2D eigenvalue weighted by Crippen LogP contribution is -2.34. The van der Waals surface area contributed by atoms with E-state index in [1.807, 2.05) is 6.92 Å². The van der Waals surface area contributed by atoms with Gasteiger partial charge >= 0.3 is 6.36 Å². The first-order valence-corrected chi connectivity index (χ1v) is 7.68. The Morgan fingerprint density at radius 2 is 2.00 bits per heavy atom. The molecule has 132 valence electrons. The molecule has 2 amide bonds. The summed E-state index contributed by atoms with van der Waals surface area (Å²) in [5, 5.41) is 2.76. The largest absolute Gasteiger partial charge is 0.573 e. The van der Waals surface area contributed by atoms with Crippen LogP contribution in [0.4, 0.5) is 13.2 Å². The normalized spacial score (nSPS) is 17.9. The molecule has 0 aromatic heterocycles. The van der Waals surface area contributed by atoms with Gasteiger partial charge in [0, 0.05) is 26.1 Å². The van der Waals surface area contributed by atoms with Crippen LogP contribution >= 0.6 is 0 Å². The van der Waals surface area contributed by atoms with Gasteiger partial charge in [-0.1, -0.05) is 12.1 Å². The van der Waals surface area contributed by atoms with E-state index in [1.165, 1.54) is 24.3 Å². The van der Waals surface area contributed by atoms with Crippen molar-refractivity contribution in [3.05, 3.63) is 29.8 Å². The third kappa shape index (κ3) is 5.14. The van der Waals surface area contributed by atoms with Crippen LogP contribution in [-0.4, -0.2) is 42.7 Å². The van der Waals surface area contributed by atoms with Crippen molar-refractivity contribution in [2.45, 2.75) is 26.1 Å². The Bertz CT molecular complexity index is 587. The molecule has 0 spiro atoms. The minimum atomic E-state index is -4.71. The van der Waals surface area contributed by atoms with Crippen LogP contribution in [0.25, 0.3) is 0 Å². The Morgan fingerprint density at radius 1 is 1.33 bits per heavy atom. The molecule has 2 rings (SSSR count). The highest BCUT2D eigenvalue weighted by molar-refractivity contribution is 5.89. The number of ether oxygens (including phenoxy) is 1. The van der Waals surface area contributed by atoms with Gasteiger partial charge in [-0.2, -0.15) is 0 Å². The minimum absolute atomic E-state index is 0.0158. The molecule has 1 N–H and O–H groups in total. The molecule has 0 radical (unpaired) electrons. The molecule has 1 unspecified atom stereocenters. The molecule has 5 nitrogen and oxygen atoms in total. The van der Waals surface area contributed by atoms with Crippen molar-refractivity contribution in [1.82, 2.24) is 10.2 Å². The van der Waals surface area contributed by atoms with Crippen molar-refractivity contribution in [1.29, 1.82) is 0 Å². The predicted molar refractivity (Wildman–Crippen MR) is 80.2 cm³/mol. The first kappa shape index (κ1) is 18.1. The van der Waals surface area contributed by atoms with E-state index in [2.05, 4.69) is 10.1 Å². The van der Waals surface area contributed by atoms with Gasteiger partial charge in [-0.05, 0) is 31.0 Å². The van der Waals surface area contributed by atoms with Crippen LogP contribution in [0.5, 0.6) is 5.75 Å². The topological polar surface area (TPSA) is 58.6 Å². The van der Waals surface area contributed by atoms with Gasteiger partial charge in [0.15, 0.2) is 0 Å². The summed E-state index contributed by atoms with van der Waals surface area (Å²) in [7, 11) is 0. The molecule has 0 aliphatic carbocycles. The summed E-state index contributed by atoms with van der Waals surface area (Å²) in [5.41, 5.74) is 0.780. The van der Waals surface area contributed by atoms with Crippen LogP contribution in [0.15, 0.2) is 24.3 Å². The number of carbonyl (C=O) groups is 2. The van der Waals surface area contributed by atoms with Crippen molar-refractivity contribution in [3.8, 4) is 5.75 Å². The van der Waals surface area contributed by atoms with E-state index in [-0.39, 0.29) is 29.9 Å². The summed E-state index contributed by atoms with van der Waals surface area (Å²) in [6.07, 6.45) is -4.00. The smallest absolute Gasteiger partial charge is 0.406 e. The molecule has 1 fully saturated rings. The summed E-state index contributed by atoms with van der Waals surface area (Å²) < 4.78 is 40.0. The van der Waals surface area contributed by atoms with Gasteiger partial charge in [0.2, 0.25) is 11.8 Å². The minimum Gasteiger partial charge on any atom is -0.406 e. The Hall–Kier alpha value is -2.25. The number of carbonyl (C=O) groups excluding carboxylic acids is 2. The van der Waals surface area contributed by atoms with E-state index in [1.54, 1.807) is 4.90 Å². The number of amides is 2.